The van der Waals surface area contributed by atoms with Gasteiger partial charge < -0.3 is 24.1 Å². The van der Waals surface area contributed by atoms with Crippen LogP contribution in [0.25, 0.3) is 10.9 Å². The fourth-order valence-electron chi connectivity index (χ4n) is 4.66. The van der Waals surface area contributed by atoms with E-state index in [1.165, 1.54) is 7.11 Å². The second-order valence-corrected chi connectivity index (χ2v) is 8.65. The highest BCUT2D eigenvalue weighted by atomic mass is 35.5. The summed E-state index contributed by atoms with van der Waals surface area (Å²) in [6.45, 7) is 0.966. The molecule has 7 nitrogen and oxygen atoms in total. The number of amides is 1. The predicted molar refractivity (Wildman–Crippen MR) is 120 cm³/mol. The number of para-hydroxylation sites is 1. The van der Waals surface area contributed by atoms with Gasteiger partial charge in [-0.05, 0) is 24.3 Å². The van der Waals surface area contributed by atoms with Crippen LogP contribution in [0, 0.1) is 0 Å². The SMILES string of the molecule is COc1ccc2c(c1OC)OC1(CCN(C(=O)c3cc4cccc(Cl)c4[nH]3)CC1)CC2=O. The summed E-state index contributed by atoms with van der Waals surface area (Å²) in [6, 6.07) is 10.8. The number of hydrogen-bond acceptors (Lipinski definition) is 5. The zero-order valence-electron chi connectivity index (χ0n) is 17.9. The number of halogens is 1. The first-order valence-corrected chi connectivity index (χ1v) is 10.9. The molecule has 32 heavy (non-hydrogen) atoms. The number of H-pyrrole nitrogens is 1. The summed E-state index contributed by atoms with van der Waals surface area (Å²) < 4.78 is 17.3. The Bertz CT molecular complexity index is 1230. The van der Waals surface area contributed by atoms with Crippen molar-refractivity contribution in [2.45, 2.75) is 24.9 Å². The van der Waals surface area contributed by atoms with E-state index in [2.05, 4.69) is 4.98 Å². The number of piperidine rings is 1. The van der Waals surface area contributed by atoms with Crippen LogP contribution in [0.15, 0.2) is 36.4 Å². The summed E-state index contributed by atoms with van der Waals surface area (Å²) in [5, 5.41) is 1.48. The number of hydrogen-bond donors (Lipinski definition) is 1. The average Bonchev–Trinajstić information content (AvgIpc) is 3.24. The summed E-state index contributed by atoms with van der Waals surface area (Å²) >= 11 is 6.24. The fourth-order valence-corrected chi connectivity index (χ4v) is 4.89. The molecule has 1 saturated heterocycles. The van der Waals surface area contributed by atoms with Crippen LogP contribution in [-0.4, -0.2) is 54.5 Å². The van der Waals surface area contributed by atoms with Crippen molar-refractivity contribution in [1.82, 2.24) is 9.88 Å². The number of aromatic nitrogens is 1. The van der Waals surface area contributed by atoms with Gasteiger partial charge in [0.25, 0.3) is 5.91 Å². The van der Waals surface area contributed by atoms with Gasteiger partial charge in [-0.25, -0.2) is 0 Å². The number of ether oxygens (including phenoxy) is 3. The van der Waals surface area contributed by atoms with Gasteiger partial charge in [0.1, 0.15) is 11.3 Å². The van der Waals surface area contributed by atoms with Crippen LogP contribution in [0.3, 0.4) is 0 Å². The van der Waals surface area contributed by atoms with Crippen molar-refractivity contribution in [2.24, 2.45) is 0 Å². The van der Waals surface area contributed by atoms with Gasteiger partial charge in [0.15, 0.2) is 17.3 Å². The highest BCUT2D eigenvalue weighted by Gasteiger charge is 2.45. The number of carbonyl (C=O) groups is 2. The summed E-state index contributed by atoms with van der Waals surface area (Å²) in [4.78, 5) is 31.0. The van der Waals surface area contributed by atoms with Gasteiger partial charge in [0, 0.05) is 31.3 Å². The number of carbonyl (C=O) groups excluding carboxylic acids is 2. The highest BCUT2D eigenvalue weighted by Crippen LogP contribution is 2.47. The van der Waals surface area contributed by atoms with Gasteiger partial charge in [0.2, 0.25) is 5.75 Å². The van der Waals surface area contributed by atoms with E-state index in [-0.39, 0.29) is 18.1 Å². The lowest BCUT2D eigenvalue weighted by Crippen LogP contribution is -2.52. The van der Waals surface area contributed by atoms with E-state index in [0.29, 0.717) is 59.5 Å². The third-order valence-electron chi connectivity index (χ3n) is 6.40. The Kier molecular flexibility index (Phi) is 5.01. The van der Waals surface area contributed by atoms with Crippen LogP contribution in [0.1, 0.15) is 40.1 Å². The average molecular weight is 455 g/mol. The minimum atomic E-state index is -0.662. The third-order valence-corrected chi connectivity index (χ3v) is 6.71. The molecule has 2 aromatic carbocycles. The van der Waals surface area contributed by atoms with Crippen molar-refractivity contribution in [3.63, 3.8) is 0 Å². The van der Waals surface area contributed by atoms with E-state index in [9.17, 15) is 9.59 Å². The van der Waals surface area contributed by atoms with Gasteiger partial charge in [-0.2, -0.15) is 0 Å². The Morgan fingerprint density at radius 3 is 2.62 bits per heavy atom. The smallest absolute Gasteiger partial charge is 0.270 e. The largest absolute Gasteiger partial charge is 0.493 e. The number of ketones is 1. The highest BCUT2D eigenvalue weighted by molar-refractivity contribution is 6.35. The number of benzene rings is 2. The van der Waals surface area contributed by atoms with Crippen LogP contribution >= 0.6 is 11.6 Å². The second-order valence-electron chi connectivity index (χ2n) is 8.24. The molecule has 0 saturated carbocycles. The third kappa shape index (κ3) is 3.28. The lowest BCUT2D eigenvalue weighted by Gasteiger charge is -2.44. The van der Waals surface area contributed by atoms with Gasteiger partial charge in [-0.1, -0.05) is 23.7 Å². The quantitative estimate of drug-likeness (QED) is 0.631. The molecule has 1 aromatic heterocycles. The van der Waals surface area contributed by atoms with E-state index in [1.807, 2.05) is 18.2 Å². The minimum Gasteiger partial charge on any atom is -0.493 e. The molecule has 2 aliphatic rings. The lowest BCUT2D eigenvalue weighted by atomic mass is 9.82. The molecule has 0 unspecified atom stereocenters. The van der Waals surface area contributed by atoms with Crippen LogP contribution in [-0.2, 0) is 0 Å². The van der Waals surface area contributed by atoms with Crippen LogP contribution in [0.4, 0.5) is 0 Å². The Morgan fingerprint density at radius 1 is 1.16 bits per heavy atom. The number of methoxy groups -OCH3 is 2. The molecule has 1 spiro atoms. The van der Waals surface area contributed by atoms with Crippen LogP contribution in [0.2, 0.25) is 5.02 Å². The molecule has 0 aliphatic carbocycles. The number of nitrogens with zero attached hydrogens (tertiary/aromatic N) is 1. The molecule has 1 N–H and O–H groups in total. The molecule has 3 heterocycles. The molecular formula is C24H23ClN2O5. The molecule has 1 fully saturated rings. The number of aromatic amines is 1. The van der Waals surface area contributed by atoms with Gasteiger partial charge in [-0.15, -0.1) is 0 Å². The number of fused-ring (bicyclic) bond motifs is 2. The fraction of sp³-hybridized carbons (Fsp3) is 0.333. The molecule has 8 heteroatoms. The molecule has 2 aliphatic heterocycles. The van der Waals surface area contributed by atoms with Crippen LogP contribution in [0.5, 0.6) is 17.2 Å². The Morgan fingerprint density at radius 2 is 1.94 bits per heavy atom. The molecule has 5 rings (SSSR count). The summed E-state index contributed by atoms with van der Waals surface area (Å²) in [6.07, 6.45) is 1.37. The van der Waals surface area contributed by atoms with E-state index >= 15 is 0 Å². The topological polar surface area (TPSA) is 80.9 Å². The van der Waals surface area contributed by atoms with E-state index in [1.54, 1.807) is 30.2 Å². The van der Waals surface area contributed by atoms with E-state index in [0.717, 1.165) is 10.9 Å². The molecule has 0 bridgehead atoms. The Labute approximate surface area is 190 Å². The monoisotopic (exact) mass is 454 g/mol. The first-order chi connectivity index (χ1) is 15.4. The molecule has 0 radical (unpaired) electrons. The summed E-state index contributed by atoms with van der Waals surface area (Å²) in [5.41, 5.74) is 1.10. The van der Waals surface area contributed by atoms with Gasteiger partial charge in [-0.3, -0.25) is 9.59 Å². The first kappa shape index (κ1) is 20.7. The molecular weight excluding hydrogens is 432 g/mol. The maximum atomic E-state index is 13.1. The number of Topliss-reactive ketones (excluding diaryl/α,β-unsaturated/α-hetero) is 1. The minimum absolute atomic E-state index is 0.0113. The van der Waals surface area contributed by atoms with Crippen LogP contribution < -0.4 is 14.2 Å². The molecule has 166 valence electrons. The van der Waals surface area contributed by atoms with E-state index in [4.69, 9.17) is 25.8 Å². The van der Waals surface area contributed by atoms with Crippen molar-refractivity contribution in [1.29, 1.82) is 0 Å². The van der Waals surface area contributed by atoms with Gasteiger partial charge in [0.05, 0.1) is 36.7 Å². The summed E-state index contributed by atoms with van der Waals surface area (Å²) in [7, 11) is 3.08. The standard InChI is InChI=1S/C24H23ClN2O5/c1-30-19-7-6-15-18(28)13-24(32-21(15)22(19)31-2)8-10-27(11-9-24)23(29)17-12-14-4-3-5-16(25)20(14)26-17/h3-7,12,26H,8-11,13H2,1-2H3. The van der Waals surface area contributed by atoms with Crippen molar-refractivity contribution in [2.75, 3.05) is 27.3 Å². The maximum Gasteiger partial charge on any atom is 0.270 e. The number of rotatable bonds is 3. The van der Waals surface area contributed by atoms with Crippen molar-refractivity contribution in [3.05, 3.63) is 52.7 Å². The maximum absolute atomic E-state index is 13.1. The first-order valence-electron chi connectivity index (χ1n) is 10.5. The van der Waals surface area contributed by atoms with Crippen molar-refractivity contribution in [3.8, 4) is 17.2 Å². The number of nitrogens with one attached hydrogen (secondary N) is 1. The second kappa shape index (κ2) is 7.74. The lowest BCUT2D eigenvalue weighted by molar-refractivity contribution is -0.00757. The van der Waals surface area contributed by atoms with Crippen molar-refractivity contribution < 1.29 is 23.8 Å². The zero-order chi connectivity index (χ0) is 22.5. The summed E-state index contributed by atoms with van der Waals surface area (Å²) in [5.74, 6) is 1.28. The molecule has 0 atom stereocenters. The molecule has 1 amide bonds. The van der Waals surface area contributed by atoms with Crippen molar-refractivity contribution >= 4 is 34.2 Å². The van der Waals surface area contributed by atoms with E-state index < -0.39 is 5.60 Å². The zero-order valence-corrected chi connectivity index (χ0v) is 18.6. The predicted octanol–water partition coefficient (Wildman–Crippen LogP) is 4.48. The normalized spacial score (nSPS) is 17.2. The van der Waals surface area contributed by atoms with Gasteiger partial charge >= 0.3 is 0 Å². The Hall–Kier alpha value is -3.19. The Balaban J connectivity index is 1.36. The molecule has 3 aromatic rings. The number of likely N-dealkylation sites (tertiary alicyclic amines) is 1.